The van der Waals surface area contributed by atoms with Gasteiger partial charge in [0.25, 0.3) is 0 Å². The summed E-state index contributed by atoms with van der Waals surface area (Å²) in [5, 5.41) is 6.32. The standard InChI is InChI=1S/C18H20BrN3O/c19-14-5-3-4-13(10-14)11-18(23)22-16-8-9-17(20-12-16)21-15-6-1-2-7-15/h3-5,8-10,12,15H,1-2,6-7,11H2,(H,20,21)(H,22,23). The van der Waals surface area contributed by atoms with Crippen LogP contribution in [0.2, 0.25) is 0 Å². The third kappa shape index (κ3) is 4.79. The predicted octanol–water partition coefficient (Wildman–Crippen LogP) is 4.38. The molecule has 1 aliphatic rings. The van der Waals surface area contributed by atoms with Crippen molar-refractivity contribution in [1.82, 2.24) is 4.98 Å². The summed E-state index contributed by atoms with van der Waals surface area (Å²) in [6.07, 6.45) is 7.07. The van der Waals surface area contributed by atoms with E-state index < -0.39 is 0 Å². The van der Waals surface area contributed by atoms with E-state index >= 15 is 0 Å². The summed E-state index contributed by atoms with van der Waals surface area (Å²) in [6, 6.07) is 12.1. The average molecular weight is 374 g/mol. The lowest BCUT2D eigenvalue weighted by Crippen LogP contribution is -2.16. The van der Waals surface area contributed by atoms with E-state index in [1.807, 2.05) is 36.4 Å². The molecule has 1 aliphatic carbocycles. The van der Waals surface area contributed by atoms with Gasteiger partial charge < -0.3 is 10.6 Å². The van der Waals surface area contributed by atoms with Crippen LogP contribution in [0.1, 0.15) is 31.2 Å². The van der Waals surface area contributed by atoms with Crippen molar-refractivity contribution in [1.29, 1.82) is 0 Å². The van der Waals surface area contributed by atoms with Crippen molar-refractivity contribution in [2.45, 2.75) is 38.1 Å². The number of nitrogens with zero attached hydrogens (tertiary/aromatic N) is 1. The van der Waals surface area contributed by atoms with E-state index in [-0.39, 0.29) is 5.91 Å². The second kappa shape index (κ2) is 7.59. The van der Waals surface area contributed by atoms with Crippen molar-refractivity contribution >= 4 is 33.3 Å². The molecule has 0 unspecified atom stereocenters. The smallest absolute Gasteiger partial charge is 0.228 e. The van der Waals surface area contributed by atoms with Crippen LogP contribution in [0.4, 0.5) is 11.5 Å². The van der Waals surface area contributed by atoms with E-state index in [2.05, 4.69) is 31.5 Å². The maximum atomic E-state index is 12.1. The highest BCUT2D eigenvalue weighted by Gasteiger charge is 2.14. The number of amides is 1. The molecule has 0 spiro atoms. The number of anilines is 2. The number of carbonyl (C=O) groups excluding carboxylic acids is 1. The molecule has 1 aromatic carbocycles. The first-order valence-corrected chi connectivity index (χ1v) is 8.75. The molecule has 1 amide bonds. The number of carbonyl (C=O) groups is 1. The topological polar surface area (TPSA) is 54.0 Å². The van der Waals surface area contributed by atoms with Gasteiger partial charge in [0.15, 0.2) is 0 Å². The normalized spacial score (nSPS) is 14.7. The number of rotatable bonds is 5. The molecule has 5 heteroatoms. The molecule has 2 aromatic rings. The summed E-state index contributed by atoms with van der Waals surface area (Å²) in [5.74, 6) is 0.836. The SMILES string of the molecule is O=C(Cc1cccc(Br)c1)Nc1ccc(NC2CCCC2)nc1. The molecule has 1 aromatic heterocycles. The summed E-state index contributed by atoms with van der Waals surface area (Å²) >= 11 is 3.41. The summed E-state index contributed by atoms with van der Waals surface area (Å²) < 4.78 is 0.979. The van der Waals surface area contributed by atoms with Crippen LogP contribution in [0, 0.1) is 0 Å². The van der Waals surface area contributed by atoms with Crippen molar-refractivity contribution < 1.29 is 4.79 Å². The van der Waals surface area contributed by atoms with Gasteiger partial charge in [0.1, 0.15) is 5.82 Å². The van der Waals surface area contributed by atoms with E-state index in [9.17, 15) is 4.79 Å². The third-order valence-electron chi connectivity index (χ3n) is 4.01. The Labute approximate surface area is 144 Å². The minimum atomic E-state index is -0.0404. The van der Waals surface area contributed by atoms with Gasteiger partial charge in [-0.2, -0.15) is 0 Å². The minimum Gasteiger partial charge on any atom is -0.367 e. The Morgan fingerprint density at radius 2 is 2.04 bits per heavy atom. The zero-order chi connectivity index (χ0) is 16.1. The van der Waals surface area contributed by atoms with Crippen LogP contribution >= 0.6 is 15.9 Å². The fourth-order valence-electron chi connectivity index (χ4n) is 2.87. The van der Waals surface area contributed by atoms with Crippen LogP contribution in [0.3, 0.4) is 0 Å². The molecule has 4 nitrogen and oxygen atoms in total. The van der Waals surface area contributed by atoms with Gasteiger partial charge in [0, 0.05) is 10.5 Å². The Kier molecular flexibility index (Phi) is 5.28. The maximum Gasteiger partial charge on any atom is 0.228 e. The molecule has 1 heterocycles. The Morgan fingerprint density at radius 3 is 2.74 bits per heavy atom. The van der Waals surface area contributed by atoms with Crippen LogP contribution in [0.15, 0.2) is 47.1 Å². The van der Waals surface area contributed by atoms with Gasteiger partial charge in [-0.1, -0.05) is 40.9 Å². The fourth-order valence-corrected chi connectivity index (χ4v) is 3.32. The molecule has 3 rings (SSSR count). The van der Waals surface area contributed by atoms with Crippen molar-refractivity contribution in [3.63, 3.8) is 0 Å². The first-order valence-electron chi connectivity index (χ1n) is 7.96. The largest absolute Gasteiger partial charge is 0.367 e. The molecular formula is C18H20BrN3O. The third-order valence-corrected chi connectivity index (χ3v) is 4.50. The lowest BCUT2D eigenvalue weighted by Gasteiger charge is -2.13. The van der Waals surface area contributed by atoms with Gasteiger partial charge >= 0.3 is 0 Å². The zero-order valence-corrected chi connectivity index (χ0v) is 14.5. The van der Waals surface area contributed by atoms with Crippen LogP contribution in [-0.4, -0.2) is 16.9 Å². The number of nitrogens with one attached hydrogen (secondary N) is 2. The Morgan fingerprint density at radius 1 is 1.22 bits per heavy atom. The molecule has 23 heavy (non-hydrogen) atoms. The minimum absolute atomic E-state index is 0.0404. The molecule has 2 N–H and O–H groups in total. The first kappa shape index (κ1) is 16.0. The highest BCUT2D eigenvalue weighted by Crippen LogP contribution is 2.22. The summed E-state index contributed by atoms with van der Waals surface area (Å²) in [5.41, 5.74) is 1.70. The average Bonchev–Trinajstić information content (AvgIpc) is 3.02. The molecule has 0 atom stereocenters. The number of halogens is 1. The van der Waals surface area contributed by atoms with Gasteiger partial charge in [-0.3, -0.25) is 4.79 Å². The lowest BCUT2D eigenvalue weighted by atomic mass is 10.1. The van der Waals surface area contributed by atoms with Gasteiger partial charge in [0.05, 0.1) is 18.3 Å². The second-order valence-corrected chi connectivity index (χ2v) is 6.83. The lowest BCUT2D eigenvalue weighted by molar-refractivity contribution is -0.115. The quantitative estimate of drug-likeness (QED) is 0.817. The van der Waals surface area contributed by atoms with Crippen LogP contribution in [0.5, 0.6) is 0 Å². The van der Waals surface area contributed by atoms with E-state index in [1.165, 1.54) is 25.7 Å². The molecule has 0 radical (unpaired) electrons. The maximum absolute atomic E-state index is 12.1. The summed E-state index contributed by atoms with van der Waals surface area (Å²) in [4.78, 5) is 16.5. The van der Waals surface area contributed by atoms with Crippen molar-refractivity contribution in [3.8, 4) is 0 Å². The van der Waals surface area contributed by atoms with E-state index in [0.29, 0.717) is 12.5 Å². The van der Waals surface area contributed by atoms with Crippen molar-refractivity contribution in [3.05, 3.63) is 52.6 Å². The molecule has 1 fully saturated rings. The molecule has 1 saturated carbocycles. The first-order chi connectivity index (χ1) is 11.2. The summed E-state index contributed by atoms with van der Waals surface area (Å²) in [7, 11) is 0. The van der Waals surface area contributed by atoms with Crippen LogP contribution < -0.4 is 10.6 Å². The van der Waals surface area contributed by atoms with Crippen LogP contribution in [-0.2, 0) is 11.2 Å². The molecule has 120 valence electrons. The Balaban J connectivity index is 1.54. The number of benzene rings is 1. The molecule has 0 saturated heterocycles. The highest BCUT2D eigenvalue weighted by atomic mass is 79.9. The molecular weight excluding hydrogens is 354 g/mol. The van der Waals surface area contributed by atoms with E-state index in [1.54, 1.807) is 6.20 Å². The second-order valence-electron chi connectivity index (χ2n) is 5.91. The van der Waals surface area contributed by atoms with E-state index in [4.69, 9.17) is 0 Å². The predicted molar refractivity (Wildman–Crippen MR) is 96.6 cm³/mol. The Bertz CT molecular complexity index is 666. The molecule has 0 aliphatic heterocycles. The molecule has 0 bridgehead atoms. The monoisotopic (exact) mass is 373 g/mol. The van der Waals surface area contributed by atoms with Gasteiger partial charge in [-0.25, -0.2) is 4.98 Å². The highest BCUT2D eigenvalue weighted by molar-refractivity contribution is 9.10. The van der Waals surface area contributed by atoms with Crippen LogP contribution in [0.25, 0.3) is 0 Å². The van der Waals surface area contributed by atoms with Crippen molar-refractivity contribution in [2.75, 3.05) is 10.6 Å². The van der Waals surface area contributed by atoms with Crippen molar-refractivity contribution in [2.24, 2.45) is 0 Å². The number of aromatic nitrogens is 1. The number of hydrogen-bond donors (Lipinski definition) is 2. The van der Waals surface area contributed by atoms with Gasteiger partial charge in [-0.05, 0) is 42.7 Å². The Hall–Kier alpha value is -1.88. The number of hydrogen-bond acceptors (Lipinski definition) is 3. The summed E-state index contributed by atoms with van der Waals surface area (Å²) in [6.45, 7) is 0. The zero-order valence-electron chi connectivity index (χ0n) is 12.9. The fraction of sp³-hybridized carbons (Fsp3) is 0.333. The van der Waals surface area contributed by atoms with Gasteiger partial charge in [0.2, 0.25) is 5.91 Å². The number of pyridine rings is 1. The van der Waals surface area contributed by atoms with Gasteiger partial charge in [-0.15, -0.1) is 0 Å². The van der Waals surface area contributed by atoms with E-state index in [0.717, 1.165) is 21.5 Å².